The van der Waals surface area contributed by atoms with Crippen molar-refractivity contribution in [3.8, 4) is 0 Å². The second-order valence-electron chi connectivity index (χ2n) is 4.91. The fourth-order valence-corrected chi connectivity index (χ4v) is 2.05. The molecule has 0 aliphatic rings. The highest BCUT2D eigenvalue weighted by Gasteiger charge is 2.16. The summed E-state index contributed by atoms with van der Waals surface area (Å²) in [5.74, 6) is 2.28. The number of rotatable bonds is 6. The molecule has 0 fully saturated rings. The molecule has 0 aliphatic carbocycles. The predicted molar refractivity (Wildman–Crippen MR) is 79.5 cm³/mol. The predicted octanol–water partition coefficient (Wildman–Crippen LogP) is 2.33. The summed E-state index contributed by atoms with van der Waals surface area (Å²) in [6.07, 6.45) is 5.25. The normalized spacial score (nSPS) is 11.3. The quantitative estimate of drug-likeness (QED) is 0.635. The van der Waals surface area contributed by atoms with E-state index in [1.807, 2.05) is 26.8 Å². The summed E-state index contributed by atoms with van der Waals surface area (Å²) in [7, 11) is 0. The second-order valence-corrected chi connectivity index (χ2v) is 6.06. The zero-order valence-electron chi connectivity index (χ0n) is 11.3. The number of nitrogens with one attached hydrogen (secondary N) is 1. The SMILES string of the molecule is C=CCSCCNc1nccn(C(C)(C)C)c1=O. The summed E-state index contributed by atoms with van der Waals surface area (Å²) in [6.45, 7) is 10.4. The molecule has 0 aromatic carbocycles. The lowest BCUT2D eigenvalue weighted by atomic mass is 10.1. The van der Waals surface area contributed by atoms with E-state index in [0.29, 0.717) is 5.82 Å². The molecule has 1 aromatic rings. The van der Waals surface area contributed by atoms with Crippen LogP contribution in [0.25, 0.3) is 0 Å². The van der Waals surface area contributed by atoms with Gasteiger partial charge in [0.25, 0.3) is 5.56 Å². The van der Waals surface area contributed by atoms with Crippen molar-refractivity contribution in [1.29, 1.82) is 0 Å². The Bertz CT molecular complexity index is 448. The van der Waals surface area contributed by atoms with E-state index in [2.05, 4.69) is 16.9 Å². The van der Waals surface area contributed by atoms with E-state index in [4.69, 9.17) is 0 Å². The lowest BCUT2D eigenvalue weighted by molar-refractivity contribution is 0.383. The maximum atomic E-state index is 12.2. The Morgan fingerprint density at radius 1 is 1.56 bits per heavy atom. The molecule has 4 nitrogen and oxygen atoms in total. The van der Waals surface area contributed by atoms with Gasteiger partial charge in [0.15, 0.2) is 5.82 Å². The molecule has 1 rings (SSSR count). The van der Waals surface area contributed by atoms with Crippen LogP contribution in [0.15, 0.2) is 29.8 Å². The number of hydrogen-bond acceptors (Lipinski definition) is 4. The van der Waals surface area contributed by atoms with E-state index in [-0.39, 0.29) is 11.1 Å². The van der Waals surface area contributed by atoms with Crippen molar-refractivity contribution in [3.05, 3.63) is 35.4 Å². The van der Waals surface area contributed by atoms with Crippen LogP contribution in [0.1, 0.15) is 20.8 Å². The van der Waals surface area contributed by atoms with Gasteiger partial charge in [0.05, 0.1) is 0 Å². The van der Waals surface area contributed by atoms with E-state index in [0.717, 1.165) is 18.1 Å². The summed E-state index contributed by atoms with van der Waals surface area (Å²) in [5.41, 5.74) is -0.299. The van der Waals surface area contributed by atoms with E-state index < -0.39 is 0 Å². The zero-order valence-corrected chi connectivity index (χ0v) is 12.1. The largest absolute Gasteiger partial charge is 0.365 e. The highest BCUT2D eigenvalue weighted by molar-refractivity contribution is 7.99. The van der Waals surface area contributed by atoms with Gasteiger partial charge in [-0.1, -0.05) is 6.08 Å². The molecule has 0 saturated carbocycles. The van der Waals surface area contributed by atoms with Gasteiger partial charge in [0.2, 0.25) is 0 Å². The maximum Gasteiger partial charge on any atom is 0.293 e. The van der Waals surface area contributed by atoms with E-state index in [9.17, 15) is 4.79 Å². The molecule has 1 aromatic heterocycles. The third-order valence-electron chi connectivity index (χ3n) is 2.34. The van der Waals surface area contributed by atoms with Crippen molar-refractivity contribution in [2.24, 2.45) is 0 Å². The molecule has 0 amide bonds. The standard InChI is InChI=1S/C13H21N3OS/c1-5-9-18-10-7-15-11-12(17)16(8-6-14-11)13(2,3)4/h5-6,8H,1,7,9-10H2,2-4H3,(H,14,15). The molecule has 0 bridgehead atoms. The van der Waals surface area contributed by atoms with Gasteiger partial charge >= 0.3 is 0 Å². The third-order valence-corrected chi connectivity index (χ3v) is 3.30. The smallest absolute Gasteiger partial charge is 0.293 e. The van der Waals surface area contributed by atoms with Crippen molar-refractivity contribution in [3.63, 3.8) is 0 Å². The Morgan fingerprint density at radius 2 is 2.28 bits per heavy atom. The minimum absolute atomic E-state index is 0.0706. The van der Waals surface area contributed by atoms with Crippen molar-refractivity contribution in [2.75, 3.05) is 23.4 Å². The van der Waals surface area contributed by atoms with Gasteiger partial charge in [-0.25, -0.2) is 4.98 Å². The number of anilines is 1. The molecule has 100 valence electrons. The molecule has 5 heteroatoms. The molecule has 0 saturated heterocycles. The van der Waals surface area contributed by atoms with E-state index in [1.54, 1.807) is 28.7 Å². The molecule has 0 radical (unpaired) electrons. The topological polar surface area (TPSA) is 46.9 Å². The highest BCUT2D eigenvalue weighted by Crippen LogP contribution is 2.10. The number of aromatic nitrogens is 2. The first-order chi connectivity index (χ1) is 8.46. The molecule has 1 N–H and O–H groups in total. The maximum absolute atomic E-state index is 12.2. The molecular formula is C13H21N3OS. The van der Waals surface area contributed by atoms with Crippen molar-refractivity contribution < 1.29 is 0 Å². The van der Waals surface area contributed by atoms with Gasteiger partial charge < -0.3 is 9.88 Å². The molecule has 0 aliphatic heterocycles. The number of thioether (sulfide) groups is 1. The Morgan fingerprint density at radius 3 is 2.89 bits per heavy atom. The van der Waals surface area contributed by atoms with Crippen LogP contribution < -0.4 is 10.9 Å². The molecule has 18 heavy (non-hydrogen) atoms. The minimum atomic E-state index is -0.228. The van der Waals surface area contributed by atoms with Crippen LogP contribution in [0.2, 0.25) is 0 Å². The van der Waals surface area contributed by atoms with Crippen molar-refractivity contribution in [2.45, 2.75) is 26.3 Å². The summed E-state index contributed by atoms with van der Waals surface area (Å²) in [5, 5.41) is 3.08. The third kappa shape index (κ3) is 4.22. The minimum Gasteiger partial charge on any atom is -0.365 e. The van der Waals surface area contributed by atoms with Gasteiger partial charge in [0.1, 0.15) is 0 Å². The van der Waals surface area contributed by atoms with Crippen LogP contribution in [-0.2, 0) is 5.54 Å². The first kappa shape index (κ1) is 14.8. The van der Waals surface area contributed by atoms with Gasteiger partial charge in [-0.15, -0.1) is 6.58 Å². The molecule has 0 spiro atoms. The average Bonchev–Trinajstić information content (AvgIpc) is 2.29. The lowest BCUT2D eigenvalue weighted by Crippen LogP contribution is -2.35. The van der Waals surface area contributed by atoms with Crippen LogP contribution in [0.3, 0.4) is 0 Å². The van der Waals surface area contributed by atoms with Gasteiger partial charge in [0, 0.05) is 36.0 Å². The van der Waals surface area contributed by atoms with E-state index in [1.165, 1.54) is 0 Å². The monoisotopic (exact) mass is 267 g/mol. The summed E-state index contributed by atoms with van der Waals surface area (Å²) < 4.78 is 1.69. The van der Waals surface area contributed by atoms with Crippen LogP contribution in [0.5, 0.6) is 0 Å². The fourth-order valence-electron chi connectivity index (χ4n) is 1.47. The first-order valence-electron chi connectivity index (χ1n) is 5.97. The average molecular weight is 267 g/mol. The summed E-state index contributed by atoms with van der Waals surface area (Å²) in [6, 6.07) is 0. The zero-order chi connectivity index (χ0) is 13.6. The molecule has 0 unspecified atom stereocenters. The van der Waals surface area contributed by atoms with Crippen molar-refractivity contribution in [1.82, 2.24) is 9.55 Å². The van der Waals surface area contributed by atoms with Crippen LogP contribution >= 0.6 is 11.8 Å². The fraction of sp³-hybridized carbons (Fsp3) is 0.538. The Kier molecular flexibility index (Phi) is 5.47. The van der Waals surface area contributed by atoms with Crippen LogP contribution in [0, 0.1) is 0 Å². The Labute approximate surface area is 113 Å². The first-order valence-corrected chi connectivity index (χ1v) is 7.13. The molecule has 1 heterocycles. The van der Waals surface area contributed by atoms with Gasteiger partial charge in [-0.05, 0) is 20.8 Å². The van der Waals surface area contributed by atoms with Gasteiger partial charge in [-0.2, -0.15) is 11.8 Å². The lowest BCUT2D eigenvalue weighted by Gasteiger charge is -2.22. The number of nitrogens with zero attached hydrogens (tertiary/aromatic N) is 2. The Balaban J connectivity index is 2.67. The highest BCUT2D eigenvalue weighted by atomic mass is 32.2. The Hall–Kier alpha value is -1.23. The van der Waals surface area contributed by atoms with Crippen LogP contribution in [-0.4, -0.2) is 27.6 Å². The summed E-state index contributed by atoms with van der Waals surface area (Å²) in [4.78, 5) is 16.2. The molecule has 0 atom stereocenters. The number of hydrogen-bond donors (Lipinski definition) is 1. The molecular weight excluding hydrogens is 246 g/mol. The van der Waals surface area contributed by atoms with Crippen LogP contribution in [0.4, 0.5) is 5.82 Å². The summed E-state index contributed by atoms with van der Waals surface area (Å²) >= 11 is 1.77. The van der Waals surface area contributed by atoms with Gasteiger partial charge in [-0.3, -0.25) is 4.79 Å². The second kappa shape index (κ2) is 6.64. The van der Waals surface area contributed by atoms with Crippen molar-refractivity contribution >= 4 is 17.6 Å². The van der Waals surface area contributed by atoms with E-state index >= 15 is 0 Å².